The number of nitro benzene ring substituents is 1. The van der Waals surface area contributed by atoms with Crippen molar-refractivity contribution >= 4 is 40.6 Å². The molecule has 0 radical (unpaired) electrons. The Labute approximate surface area is 163 Å². The zero-order chi connectivity index (χ0) is 19.4. The third kappa shape index (κ3) is 4.83. The third-order valence-electron chi connectivity index (χ3n) is 3.49. The van der Waals surface area contributed by atoms with Gasteiger partial charge in [-0.25, -0.2) is 0 Å². The molecule has 0 aliphatic rings. The Morgan fingerprint density at radius 1 is 1.30 bits per heavy atom. The molecule has 0 aliphatic heterocycles. The maximum atomic E-state index is 12.1. The molecule has 0 unspecified atom stereocenters. The topological polar surface area (TPSA) is 111 Å². The van der Waals surface area contributed by atoms with Gasteiger partial charge in [-0.1, -0.05) is 35.5 Å². The molecule has 0 saturated heterocycles. The molecule has 1 N–H and O–H groups in total. The van der Waals surface area contributed by atoms with Crippen molar-refractivity contribution in [3.63, 3.8) is 0 Å². The maximum absolute atomic E-state index is 12.1. The van der Waals surface area contributed by atoms with Gasteiger partial charge in [-0.2, -0.15) is 0 Å². The summed E-state index contributed by atoms with van der Waals surface area (Å²) in [5, 5.41) is 22.2. The minimum Gasteiger partial charge on any atom is -0.411 e. The molecule has 3 rings (SSSR count). The molecule has 8 nitrogen and oxygen atoms in total. The zero-order valence-electron chi connectivity index (χ0n) is 14.0. The molecule has 2 aromatic carbocycles. The molecule has 0 spiro atoms. The molecule has 0 saturated carbocycles. The number of rotatable bonds is 6. The predicted molar refractivity (Wildman–Crippen MR) is 102 cm³/mol. The summed E-state index contributed by atoms with van der Waals surface area (Å²) in [6.07, 6.45) is 0. The van der Waals surface area contributed by atoms with Crippen LogP contribution in [0.1, 0.15) is 5.56 Å². The lowest BCUT2D eigenvalue weighted by Gasteiger charge is -2.05. The number of amides is 1. The van der Waals surface area contributed by atoms with E-state index in [1.54, 1.807) is 43.3 Å². The second kappa shape index (κ2) is 8.19. The zero-order valence-corrected chi connectivity index (χ0v) is 15.6. The van der Waals surface area contributed by atoms with Crippen molar-refractivity contribution in [2.75, 3.05) is 11.1 Å². The lowest BCUT2D eigenvalue weighted by molar-refractivity contribution is -0.385. The summed E-state index contributed by atoms with van der Waals surface area (Å²) in [4.78, 5) is 22.5. The first-order valence-electron chi connectivity index (χ1n) is 7.69. The van der Waals surface area contributed by atoms with Crippen molar-refractivity contribution < 1.29 is 14.1 Å². The molecule has 1 amide bonds. The van der Waals surface area contributed by atoms with Crippen molar-refractivity contribution in [1.82, 2.24) is 10.2 Å². The standard InChI is InChI=1S/C17H13ClN4O4S/c1-10-5-6-13(8-14(10)22(24)25)19-15(23)9-27-17-21-20-16(26-17)11-3-2-4-12(18)7-11/h2-8H,9H2,1H3,(H,19,23). The van der Waals surface area contributed by atoms with Crippen molar-refractivity contribution in [3.8, 4) is 11.5 Å². The highest BCUT2D eigenvalue weighted by Gasteiger charge is 2.14. The van der Waals surface area contributed by atoms with Crippen LogP contribution in [0.5, 0.6) is 0 Å². The van der Waals surface area contributed by atoms with E-state index >= 15 is 0 Å². The number of carbonyl (C=O) groups excluding carboxylic acids is 1. The molecule has 0 fully saturated rings. The number of nitrogens with one attached hydrogen (secondary N) is 1. The molecule has 27 heavy (non-hydrogen) atoms. The van der Waals surface area contributed by atoms with Crippen LogP contribution in [0, 0.1) is 17.0 Å². The minimum absolute atomic E-state index is 0.0128. The second-order valence-electron chi connectivity index (χ2n) is 5.48. The molecular formula is C17H13ClN4O4S. The average molecular weight is 405 g/mol. The number of aryl methyl sites for hydroxylation is 1. The molecule has 3 aromatic rings. The highest BCUT2D eigenvalue weighted by atomic mass is 35.5. The van der Waals surface area contributed by atoms with Gasteiger partial charge in [0.2, 0.25) is 11.8 Å². The first kappa shape index (κ1) is 18.9. The van der Waals surface area contributed by atoms with Crippen molar-refractivity contribution in [1.29, 1.82) is 0 Å². The third-order valence-corrected chi connectivity index (χ3v) is 4.55. The Kier molecular flexibility index (Phi) is 5.72. The molecule has 1 heterocycles. The molecule has 138 valence electrons. The molecular weight excluding hydrogens is 392 g/mol. The smallest absolute Gasteiger partial charge is 0.277 e. The number of nitrogens with zero attached hydrogens (tertiary/aromatic N) is 3. The van der Waals surface area contributed by atoms with Gasteiger partial charge < -0.3 is 9.73 Å². The SMILES string of the molecule is Cc1ccc(NC(=O)CSc2nnc(-c3cccc(Cl)c3)o2)cc1[N+](=O)[O-]. The van der Waals surface area contributed by atoms with Gasteiger partial charge in [0.1, 0.15) is 0 Å². The largest absolute Gasteiger partial charge is 0.411 e. The van der Waals surface area contributed by atoms with E-state index in [0.717, 1.165) is 11.8 Å². The average Bonchev–Trinajstić information content (AvgIpc) is 3.10. The van der Waals surface area contributed by atoms with Crippen molar-refractivity contribution in [2.24, 2.45) is 0 Å². The first-order chi connectivity index (χ1) is 12.9. The fourth-order valence-electron chi connectivity index (χ4n) is 2.21. The number of carbonyl (C=O) groups is 1. The van der Waals surface area contributed by atoms with E-state index in [4.69, 9.17) is 16.0 Å². The van der Waals surface area contributed by atoms with E-state index < -0.39 is 4.92 Å². The lowest BCUT2D eigenvalue weighted by atomic mass is 10.2. The number of benzene rings is 2. The van der Waals surface area contributed by atoms with Crippen LogP contribution >= 0.6 is 23.4 Å². The monoisotopic (exact) mass is 404 g/mol. The molecule has 0 aliphatic carbocycles. The number of nitro groups is 1. The lowest BCUT2D eigenvalue weighted by Crippen LogP contribution is -2.14. The van der Waals surface area contributed by atoms with Gasteiger partial charge in [0, 0.05) is 27.9 Å². The summed E-state index contributed by atoms with van der Waals surface area (Å²) >= 11 is 6.99. The Balaban J connectivity index is 1.60. The van der Waals surface area contributed by atoms with Gasteiger partial charge >= 0.3 is 0 Å². The number of anilines is 1. The van der Waals surface area contributed by atoms with Crippen LogP contribution in [0.3, 0.4) is 0 Å². The highest BCUT2D eigenvalue weighted by molar-refractivity contribution is 7.99. The predicted octanol–water partition coefficient (Wildman–Crippen LogP) is 4.34. The highest BCUT2D eigenvalue weighted by Crippen LogP contribution is 2.26. The van der Waals surface area contributed by atoms with Crippen LogP contribution in [0.15, 0.2) is 52.1 Å². The van der Waals surface area contributed by atoms with Crippen LogP contribution < -0.4 is 5.32 Å². The number of halogens is 1. The van der Waals surface area contributed by atoms with Gasteiger partial charge in [-0.3, -0.25) is 14.9 Å². The number of aromatic nitrogens is 2. The minimum atomic E-state index is -0.491. The fraction of sp³-hybridized carbons (Fsp3) is 0.118. The first-order valence-corrected chi connectivity index (χ1v) is 9.06. The van der Waals surface area contributed by atoms with E-state index in [0.29, 0.717) is 27.7 Å². The Bertz CT molecular complexity index is 1010. The fourth-order valence-corrected chi connectivity index (χ4v) is 2.97. The summed E-state index contributed by atoms with van der Waals surface area (Å²) in [5.74, 6) is -0.0333. The van der Waals surface area contributed by atoms with Gasteiger partial charge in [0.25, 0.3) is 10.9 Å². The summed E-state index contributed by atoms with van der Waals surface area (Å²) < 4.78 is 5.50. The number of thioether (sulfide) groups is 1. The van der Waals surface area contributed by atoms with Crippen LogP contribution in [0.25, 0.3) is 11.5 Å². The normalized spacial score (nSPS) is 10.6. The van der Waals surface area contributed by atoms with Crippen molar-refractivity contribution in [2.45, 2.75) is 12.1 Å². The Morgan fingerprint density at radius 3 is 2.85 bits per heavy atom. The summed E-state index contributed by atoms with van der Waals surface area (Å²) in [7, 11) is 0. The number of hydrogen-bond donors (Lipinski definition) is 1. The van der Waals surface area contributed by atoms with Gasteiger partial charge in [0.05, 0.1) is 10.7 Å². The van der Waals surface area contributed by atoms with E-state index in [2.05, 4.69) is 15.5 Å². The maximum Gasteiger partial charge on any atom is 0.277 e. The Hall–Kier alpha value is -2.91. The van der Waals surface area contributed by atoms with E-state index in [9.17, 15) is 14.9 Å². The number of hydrogen-bond acceptors (Lipinski definition) is 7. The van der Waals surface area contributed by atoms with Gasteiger partial charge in [-0.15, -0.1) is 10.2 Å². The molecule has 1 aromatic heterocycles. The Morgan fingerprint density at radius 2 is 2.11 bits per heavy atom. The van der Waals surface area contributed by atoms with E-state index in [1.165, 1.54) is 6.07 Å². The molecule has 10 heteroatoms. The van der Waals surface area contributed by atoms with Gasteiger partial charge in [-0.05, 0) is 31.2 Å². The van der Waals surface area contributed by atoms with Gasteiger partial charge in [0.15, 0.2) is 0 Å². The van der Waals surface area contributed by atoms with Crippen LogP contribution in [-0.4, -0.2) is 26.8 Å². The van der Waals surface area contributed by atoms with Crippen molar-refractivity contribution in [3.05, 3.63) is 63.2 Å². The van der Waals surface area contributed by atoms with Crippen LogP contribution in [0.4, 0.5) is 11.4 Å². The van der Waals surface area contributed by atoms with Crippen LogP contribution in [-0.2, 0) is 4.79 Å². The molecule has 0 bridgehead atoms. The quantitative estimate of drug-likeness (QED) is 0.369. The van der Waals surface area contributed by atoms with E-state index in [-0.39, 0.29) is 22.6 Å². The summed E-state index contributed by atoms with van der Waals surface area (Å²) in [5.41, 5.74) is 1.50. The second-order valence-corrected chi connectivity index (χ2v) is 6.84. The summed E-state index contributed by atoms with van der Waals surface area (Å²) in [6.45, 7) is 1.63. The van der Waals surface area contributed by atoms with Crippen LogP contribution in [0.2, 0.25) is 5.02 Å². The van der Waals surface area contributed by atoms with E-state index in [1.807, 2.05) is 0 Å². The molecule has 0 atom stereocenters. The summed E-state index contributed by atoms with van der Waals surface area (Å²) in [6, 6.07) is 11.5.